The predicted molar refractivity (Wildman–Crippen MR) is 57.0 cm³/mol. The van der Waals surface area contributed by atoms with Gasteiger partial charge in [-0.25, -0.2) is 8.78 Å². The molecular formula is C11H14F2N2O. The van der Waals surface area contributed by atoms with Gasteiger partial charge < -0.3 is 10.6 Å². The fourth-order valence-electron chi connectivity index (χ4n) is 1.25. The van der Waals surface area contributed by atoms with Crippen molar-refractivity contribution in [2.45, 2.75) is 6.42 Å². The highest BCUT2D eigenvalue weighted by Gasteiger charge is 2.10. The van der Waals surface area contributed by atoms with Crippen LogP contribution in [0.5, 0.6) is 0 Å². The molecule has 0 aliphatic carbocycles. The fraction of sp³-hybridized carbons (Fsp3) is 0.364. The molecule has 0 fully saturated rings. The number of hydrogen-bond acceptors (Lipinski definition) is 2. The lowest BCUT2D eigenvalue weighted by Gasteiger charge is -2.05. The Kier molecular flexibility index (Phi) is 4.85. The van der Waals surface area contributed by atoms with E-state index in [0.29, 0.717) is 13.1 Å². The van der Waals surface area contributed by atoms with E-state index in [1.807, 2.05) is 0 Å². The molecule has 1 rings (SSSR count). The van der Waals surface area contributed by atoms with Crippen molar-refractivity contribution in [3.8, 4) is 0 Å². The third kappa shape index (κ3) is 3.58. The smallest absolute Gasteiger partial charge is 0.224 e. The first-order valence-corrected chi connectivity index (χ1v) is 4.99. The SMILES string of the molecule is CNCCNC(=O)Cc1cccc(F)c1F. The summed E-state index contributed by atoms with van der Waals surface area (Å²) in [6, 6.07) is 3.81. The normalized spacial score (nSPS) is 10.2. The Morgan fingerprint density at radius 2 is 2.06 bits per heavy atom. The Hall–Kier alpha value is -1.49. The van der Waals surface area contributed by atoms with Crippen LogP contribution in [0.3, 0.4) is 0 Å². The minimum atomic E-state index is -0.953. The van der Waals surface area contributed by atoms with Gasteiger partial charge in [-0.05, 0) is 13.1 Å². The molecule has 0 unspecified atom stereocenters. The Labute approximate surface area is 92.8 Å². The van der Waals surface area contributed by atoms with E-state index in [2.05, 4.69) is 10.6 Å². The molecule has 1 amide bonds. The van der Waals surface area contributed by atoms with Gasteiger partial charge in [-0.2, -0.15) is 0 Å². The summed E-state index contributed by atoms with van der Waals surface area (Å²) >= 11 is 0. The average Bonchev–Trinajstić information content (AvgIpc) is 2.25. The van der Waals surface area contributed by atoms with Crippen LogP contribution in [0.15, 0.2) is 18.2 Å². The zero-order valence-corrected chi connectivity index (χ0v) is 9.02. The second kappa shape index (κ2) is 6.17. The van der Waals surface area contributed by atoms with Crippen LogP contribution < -0.4 is 10.6 Å². The number of rotatable bonds is 5. The molecule has 0 atom stereocenters. The van der Waals surface area contributed by atoms with E-state index < -0.39 is 11.6 Å². The molecule has 1 aromatic rings. The Morgan fingerprint density at radius 1 is 1.31 bits per heavy atom. The second-order valence-corrected chi connectivity index (χ2v) is 3.34. The number of nitrogens with one attached hydrogen (secondary N) is 2. The molecule has 0 aliphatic rings. The van der Waals surface area contributed by atoms with Gasteiger partial charge in [0.2, 0.25) is 5.91 Å². The maximum atomic E-state index is 13.2. The van der Waals surface area contributed by atoms with Gasteiger partial charge in [0.05, 0.1) is 6.42 Å². The summed E-state index contributed by atoms with van der Waals surface area (Å²) in [6.45, 7) is 1.10. The molecule has 3 nitrogen and oxygen atoms in total. The summed E-state index contributed by atoms with van der Waals surface area (Å²) in [4.78, 5) is 11.3. The van der Waals surface area contributed by atoms with E-state index in [1.165, 1.54) is 12.1 Å². The molecule has 16 heavy (non-hydrogen) atoms. The maximum Gasteiger partial charge on any atom is 0.224 e. The number of hydrogen-bond donors (Lipinski definition) is 2. The van der Waals surface area contributed by atoms with Crippen molar-refractivity contribution in [2.24, 2.45) is 0 Å². The molecule has 0 spiro atoms. The summed E-state index contributed by atoms with van der Waals surface area (Å²) in [7, 11) is 1.76. The number of carbonyl (C=O) groups is 1. The Morgan fingerprint density at radius 3 is 2.75 bits per heavy atom. The zero-order chi connectivity index (χ0) is 12.0. The lowest BCUT2D eigenvalue weighted by molar-refractivity contribution is -0.120. The number of halogens is 2. The van der Waals surface area contributed by atoms with Crippen LogP contribution in [0.25, 0.3) is 0 Å². The standard InChI is InChI=1S/C11H14F2N2O/c1-14-5-6-15-10(16)7-8-3-2-4-9(12)11(8)13/h2-4,14H,5-7H2,1H3,(H,15,16). The summed E-state index contributed by atoms with van der Waals surface area (Å²) in [6.07, 6.45) is -0.146. The molecular weight excluding hydrogens is 214 g/mol. The van der Waals surface area contributed by atoms with E-state index in [0.717, 1.165) is 6.07 Å². The first kappa shape index (κ1) is 12.6. The molecule has 0 aliphatic heterocycles. The van der Waals surface area contributed by atoms with Crippen molar-refractivity contribution in [3.63, 3.8) is 0 Å². The average molecular weight is 228 g/mol. The van der Waals surface area contributed by atoms with Gasteiger partial charge in [-0.1, -0.05) is 12.1 Å². The quantitative estimate of drug-likeness (QED) is 0.733. The highest BCUT2D eigenvalue weighted by atomic mass is 19.2. The van der Waals surface area contributed by atoms with Gasteiger partial charge in [0.25, 0.3) is 0 Å². The van der Waals surface area contributed by atoms with Crippen LogP contribution in [0, 0.1) is 11.6 Å². The number of benzene rings is 1. The predicted octanol–water partition coefficient (Wildman–Crippen LogP) is 0.843. The molecule has 1 aromatic carbocycles. The van der Waals surface area contributed by atoms with Crippen LogP contribution in [0.1, 0.15) is 5.56 Å². The monoisotopic (exact) mass is 228 g/mol. The van der Waals surface area contributed by atoms with E-state index in [4.69, 9.17) is 0 Å². The number of likely N-dealkylation sites (N-methyl/N-ethyl adjacent to an activating group) is 1. The van der Waals surface area contributed by atoms with Crippen molar-refractivity contribution >= 4 is 5.91 Å². The van der Waals surface area contributed by atoms with Crippen molar-refractivity contribution in [1.29, 1.82) is 0 Å². The summed E-state index contributed by atoms with van der Waals surface area (Å²) in [5, 5.41) is 5.45. The first-order chi connectivity index (χ1) is 7.65. The van der Waals surface area contributed by atoms with Gasteiger partial charge in [0.15, 0.2) is 11.6 Å². The molecule has 0 aromatic heterocycles. The van der Waals surface area contributed by atoms with E-state index in [-0.39, 0.29) is 17.9 Å². The van der Waals surface area contributed by atoms with Gasteiger partial charge >= 0.3 is 0 Å². The largest absolute Gasteiger partial charge is 0.355 e. The van der Waals surface area contributed by atoms with E-state index in [9.17, 15) is 13.6 Å². The lowest BCUT2D eigenvalue weighted by atomic mass is 10.1. The fourth-order valence-corrected chi connectivity index (χ4v) is 1.25. The summed E-state index contributed by atoms with van der Waals surface area (Å²) < 4.78 is 26.0. The van der Waals surface area contributed by atoms with Crippen molar-refractivity contribution in [1.82, 2.24) is 10.6 Å². The molecule has 0 bridgehead atoms. The highest BCUT2D eigenvalue weighted by molar-refractivity contribution is 5.78. The third-order valence-corrected chi connectivity index (χ3v) is 2.08. The second-order valence-electron chi connectivity index (χ2n) is 3.34. The van der Waals surface area contributed by atoms with Gasteiger partial charge in [-0.15, -0.1) is 0 Å². The topological polar surface area (TPSA) is 41.1 Å². The lowest BCUT2D eigenvalue weighted by Crippen LogP contribution is -2.31. The Balaban J connectivity index is 2.53. The minimum Gasteiger partial charge on any atom is -0.355 e. The van der Waals surface area contributed by atoms with E-state index >= 15 is 0 Å². The molecule has 0 saturated carbocycles. The van der Waals surface area contributed by atoms with E-state index in [1.54, 1.807) is 7.05 Å². The van der Waals surface area contributed by atoms with Gasteiger partial charge in [0.1, 0.15) is 0 Å². The minimum absolute atomic E-state index is 0.0713. The Bertz CT molecular complexity index is 369. The molecule has 0 heterocycles. The first-order valence-electron chi connectivity index (χ1n) is 4.99. The molecule has 2 N–H and O–H groups in total. The van der Waals surface area contributed by atoms with Crippen molar-refractivity contribution in [2.75, 3.05) is 20.1 Å². The maximum absolute atomic E-state index is 13.2. The zero-order valence-electron chi connectivity index (χ0n) is 9.02. The van der Waals surface area contributed by atoms with Crippen LogP contribution in [-0.4, -0.2) is 26.0 Å². The van der Waals surface area contributed by atoms with Gasteiger partial charge in [-0.3, -0.25) is 4.79 Å². The highest BCUT2D eigenvalue weighted by Crippen LogP contribution is 2.11. The van der Waals surface area contributed by atoms with Crippen LogP contribution >= 0.6 is 0 Å². The number of carbonyl (C=O) groups excluding carboxylic acids is 1. The summed E-state index contributed by atoms with van der Waals surface area (Å²) in [5.41, 5.74) is 0.0713. The molecule has 88 valence electrons. The molecule has 0 saturated heterocycles. The van der Waals surface area contributed by atoms with Crippen molar-refractivity contribution in [3.05, 3.63) is 35.4 Å². The third-order valence-electron chi connectivity index (χ3n) is 2.08. The summed E-state index contributed by atoms with van der Waals surface area (Å²) in [5.74, 6) is -2.20. The van der Waals surface area contributed by atoms with Gasteiger partial charge in [0, 0.05) is 18.7 Å². The molecule has 0 radical (unpaired) electrons. The molecule has 5 heteroatoms. The van der Waals surface area contributed by atoms with Crippen molar-refractivity contribution < 1.29 is 13.6 Å². The van der Waals surface area contributed by atoms with Crippen LogP contribution in [-0.2, 0) is 11.2 Å². The van der Waals surface area contributed by atoms with Crippen LogP contribution in [0.2, 0.25) is 0 Å². The number of amides is 1. The van der Waals surface area contributed by atoms with Crippen LogP contribution in [0.4, 0.5) is 8.78 Å².